The predicted molar refractivity (Wildman–Crippen MR) is 28.2 cm³/mol. The molecule has 1 aromatic rings. The molecule has 0 spiro atoms. The van der Waals surface area contributed by atoms with Gasteiger partial charge in [0.05, 0.1) is 6.07 Å². The van der Waals surface area contributed by atoms with E-state index in [2.05, 4.69) is 14.7 Å². The molecule has 4 nitrogen and oxygen atoms in total. The molecule has 0 radical (unpaired) electrons. The van der Waals surface area contributed by atoms with Crippen molar-refractivity contribution in [3.05, 3.63) is 12.2 Å². The van der Waals surface area contributed by atoms with Gasteiger partial charge >= 0.3 is 0 Å². The second kappa shape index (κ2) is 2.82. The summed E-state index contributed by atoms with van der Waals surface area (Å²) in [6.07, 6.45) is 2.31. The van der Waals surface area contributed by atoms with Crippen molar-refractivity contribution in [2.75, 3.05) is 0 Å². The summed E-state index contributed by atoms with van der Waals surface area (Å²) < 4.78 is 4.62. The average Bonchev–Trinajstić information content (AvgIpc) is 2.34. The van der Waals surface area contributed by atoms with E-state index < -0.39 is 0 Å². The van der Waals surface area contributed by atoms with Crippen molar-refractivity contribution in [1.82, 2.24) is 10.1 Å². The number of hydrogen-bond acceptors (Lipinski definition) is 4. The van der Waals surface area contributed by atoms with Crippen molar-refractivity contribution in [3.8, 4) is 6.07 Å². The third-order valence-electron chi connectivity index (χ3n) is 0.858. The van der Waals surface area contributed by atoms with E-state index in [1.54, 1.807) is 0 Å². The van der Waals surface area contributed by atoms with Gasteiger partial charge in [-0.2, -0.15) is 10.2 Å². The predicted octanol–water partition coefficient (Wildman–Crippen LogP) is 0.526. The average molecular weight is 123 g/mol. The molecule has 1 heterocycles. The number of aryl methyl sites for hydroxylation is 1. The van der Waals surface area contributed by atoms with Crippen LogP contribution in [0.25, 0.3) is 0 Å². The van der Waals surface area contributed by atoms with Crippen LogP contribution in [0.4, 0.5) is 0 Å². The third-order valence-corrected chi connectivity index (χ3v) is 0.858. The fourth-order valence-corrected chi connectivity index (χ4v) is 0.469. The van der Waals surface area contributed by atoms with Gasteiger partial charge in [0.15, 0.2) is 6.33 Å². The fourth-order valence-electron chi connectivity index (χ4n) is 0.469. The largest absolute Gasteiger partial charge is 0.340 e. The van der Waals surface area contributed by atoms with Crippen molar-refractivity contribution in [2.24, 2.45) is 0 Å². The highest BCUT2D eigenvalue weighted by molar-refractivity contribution is 4.80. The molecule has 0 amide bonds. The first-order valence-corrected chi connectivity index (χ1v) is 2.56. The zero-order chi connectivity index (χ0) is 6.53. The first-order valence-electron chi connectivity index (χ1n) is 2.56. The van der Waals surface area contributed by atoms with Crippen LogP contribution in [-0.4, -0.2) is 10.1 Å². The van der Waals surface area contributed by atoms with E-state index in [0.717, 1.165) is 0 Å². The zero-order valence-corrected chi connectivity index (χ0v) is 4.74. The third kappa shape index (κ3) is 1.53. The van der Waals surface area contributed by atoms with Crippen LogP contribution in [0.2, 0.25) is 0 Å². The summed E-state index contributed by atoms with van der Waals surface area (Å²) in [6, 6.07) is 1.98. The summed E-state index contributed by atoms with van der Waals surface area (Å²) in [6.45, 7) is 0. The maximum atomic E-state index is 8.13. The Bertz CT molecular complexity index is 198. The van der Waals surface area contributed by atoms with Gasteiger partial charge in [0.25, 0.3) is 0 Å². The summed E-state index contributed by atoms with van der Waals surface area (Å²) in [4.78, 5) is 3.72. The normalized spacial score (nSPS) is 8.78. The van der Waals surface area contributed by atoms with Crippen LogP contribution in [-0.2, 0) is 6.42 Å². The molecule has 0 saturated heterocycles. The summed E-state index contributed by atoms with van der Waals surface area (Å²) >= 11 is 0. The lowest BCUT2D eigenvalue weighted by atomic mass is 10.3. The highest BCUT2D eigenvalue weighted by Gasteiger charge is 1.95. The molecule has 0 fully saturated rings. The van der Waals surface area contributed by atoms with Gasteiger partial charge in [0, 0.05) is 12.8 Å². The molecule has 0 bridgehead atoms. The van der Waals surface area contributed by atoms with Crippen LogP contribution in [0.15, 0.2) is 10.9 Å². The smallest absolute Gasteiger partial charge is 0.227 e. The summed E-state index contributed by atoms with van der Waals surface area (Å²) in [7, 11) is 0. The van der Waals surface area contributed by atoms with E-state index in [-0.39, 0.29) is 0 Å². The highest BCUT2D eigenvalue weighted by Crippen LogP contribution is 1.94. The lowest BCUT2D eigenvalue weighted by Crippen LogP contribution is -1.80. The standard InChI is InChI=1S/C5H5N3O/c6-3-1-2-5-7-4-8-9-5/h4H,1-2H2. The second-order valence-electron chi connectivity index (χ2n) is 1.49. The van der Waals surface area contributed by atoms with E-state index in [9.17, 15) is 0 Å². The van der Waals surface area contributed by atoms with Gasteiger partial charge in [-0.25, -0.2) is 0 Å². The van der Waals surface area contributed by atoms with Gasteiger partial charge in [-0.3, -0.25) is 0 Å². The Labute approximate surface area is 52.1 Å². The van der Waals surface area contributed by atoms with Crippen molar-refractivity contribution >= 4 is 0 Å². The van der Waals surface area contributed by atoms with Gasteiger partial charge in [-0.1, -0.05) is 5.16 Å². The molecule has 0 unspecified atom stereocenters. The molecule has 0 N–H and O–H groups in total. The van der Waals surface area contributed by atoms with E-state index in [1.807, 2.05) is 6.07 Å². The summed E-state index contributed by atoms with van der Waals surface area (Å²) in [5.41, 5.74) is 0. The summed E-state index contributed by atoms with van der Waals surface area (Å²) in [5, 5.41) is 11.5. The van der Waals surface area contributed by atoms with Gasteiger partial charge in [0.2, 0.25) is 5.89 Å². The molecule has 0 aliphatic heterocycles. The minimum absolute atomic E-state index is 0.433. The van der Waals surface area contributed by atoms with E-state index in [4.69, 9.17) is 5.26 Å². The Morgan fingerprint density at radius 3 is 3.22 bits per heavy atom. The molecule has 0 aliphatic rings. The van der Waals surface area contributed by atoms with Crippen LogP contribution in [0.1, 0.15) is 12.3 Å². The minimum atomic E-state index is 0.433. The molecule has 1 aromatic heterocycles. The van der Waals surface area contributed by atoms with Crippen LogP contribution in [0.5, 0.6) is 0 Å². The van der Waals surface area contributed by atoms with Crippen molar-refractivity contribution in [1.29, 1.82) is 5.26 Å². The van der Waals surface area contributed by atoms with Gasteiger partial charge < -0.3 is 4.52 Å². The maximum Gasteiger partial charge on any atom is 0.227 e. The first kappa shape index (κ1) is 5.76. The SMILES string of the molecule is N#CCCc1ncno1. The van der Waals surface area contributed by atoms with Crippen molar-refractivity contribution in [3.63, 3.8) is 0 Å². The monoisotopic (exact) mass is 123 g/mol. The van der Waals surface area contributed by atoms with E-state index >= 15 is 0 Å². The van der Waals surface area contributed by atoms with Crippen LogP contribution < -0.4 is 0 Å². The van der Waals surface area contributed by atoms with Crippen molar-refractivity contribution < 1.29 is 4.52 Å². The van der Waals surface area contributed by atoms with Gasteiger partial charge in [0.1, 0.15) is 0 Å². The Morgan fingerprint density at radius 2 is 2.67 bits per heavy atom. The molecule has 0 saturated carbocycles. The maximum absolute atomic E-state index is 8.13. The number of rotatable bonds is 2. The molecule has 0 aliphatic carbocycles. The summed E-state index contributed by atoms with van der Waals surface area (Å²) in [5.74, 6) is 0.525. The molecule has 46 valence electrons. The van der Waals surface area contributed by atoms with Gasteiger partial charge in [-0.15, -0.1) is 0 Å². The Balaban J connectivity index is 2.41. The molecule has 9 heavy (non-hydrogen) atoms. The molecule has 0 atom stereocenters. The van der Waals surface area contributed by atoms with Gasteiger partial charge in [-0.05, 0) is 0 Å². The lowest BCUT2D eigenvalue weighted by Gasteiger charge is -1.80. The molecule has 1 rings (SSSR count). The zero-order valence-electron chi connectivity index (χ0n) is 4.74. The van der Waals surface area contributed by atoms with E-state index in [0.29, 0.717) is 18.7 Å². The fraction of sp³-hybridized carbons (Fsp3) is 0.400. The number of hydrogen-bond donors (Lipinski definition) is 0. The topological polar surface area (TPSA) is 62.7 Å². The highest BCUT2D eigenvalue weighted by atomic mass is 16.5. The quantitative estimate of drug-likeness (QED) is 0.575. The number of aromatic nitrogens is 2. The lowest BCUT2D eigenvalue weighted by molar-refractivity contribution is 0.378. The minimum Gasteiger partial charge on any atom is -0.340 e. The Morgan fingerprint density at radius 1 is 1.78 bits per heavy atom. The van der Waals surface area contributed by atoms with E-state index in [1.165, 1.54) is 6.33 Å². The second-order valence-corrected chi connectivity index (χ2v) is 1.49. The first-order chi connectivity index (χ1) is 4.43. The number of nitrogens with zero attached hydrogens (tertiary/aromatic N) is 3. The molecular formula is C5H5N3O. The number of nitriles is 1. The van der Waals surface area contributed by atoms with Crippen LogP contribution in [0.3, 0.4) is 0 Å². The van der Waals surface area contributed by atoms with Crippen LogP contribution >= 0.6 is 0 Å². The Kier molecular flexibility index (Phi) is 1.81. The molecular weight excluding hydrogens is 118 g/mol. The van der Waals surface area contributed by atoms with Crippen LogP contribution in [0, 0.1) is 11.3 Å². The molecule has 0 aromatic carbocycles. The van der Waals surface area contributed by atoms with Crippen molar-refractivity contribution in [2.45, 2.75) is 12.8 Å². The Hall–Kier alpha value is -1.37. The molecule has 4 heteroatoms.